The van der Waals surface area contributed by atoms with E-state index in [-0.39, 0.29) is 4.47 Å². The maximum absolute atomic E-state index is 12.9. The van der Waals surface area contributed by atoms with Crippen LogP contribution >= 0.6 is 15.9 Å². The van der Waals surface area contributed by atoms with Crippen LogP contribution in [-0.2, 0) is 12.6 Å². The highest BCUT2D eigenvalue weighted by atomic mass is 79.9. The van der Waals surface area contributed by atoms with Crippen LogP contribution in [0.5, 0.6) is 0 Å². The van der Waals surface area contributed by atoms with Crippen molar-refractivity contribution in [1.29, 1.82) is 0 Å². The fourth-order valence-electron chi connectivity index (χ4n) is 2.05. The minimum Gasteiger partial charge on any atom is -0.324 e. The molecular formula is C15H14BrF3N2. The van der Waals surface area contributed by atoms with Crippen molar-refractivity contribution in [1.82, 2.24) is 4.98 Å². The number of halogens is 4. The van der Waals surface area contributed by atoms with Crippen molar-refractivity contribution < 1.29 is 13.2 Å². The minimum atomic E-state index is -4.41. The van der Waals surface area contributed by atoms with Gasteiger partial charge in [-0.3, -0.25) is 4.98 Å². The Labute approximate surface area is 129 Å². The van der Waals surface area contributed by atoms with Crippen LogP contribution in [0.3, 0.4) is 0 Å². The fourth-order valence-corrected chi connectivity index (χ4v) is 2.52. The van der Waals surface area contributed by atoms with E-state index in [2.05, 4.69) is 20.9 Å². The maximum atomic E-state index is 12.9. The van der Waals surface area contributed by atoms with Gasteiger partial charge in [0, 0.05) is 28.8 Å². The average molecular weight is 359 g/mol. The first-order chi connectivity index (χ1) is 9.79. The monoisotopic (exact) mass is 358 g/mol. The molecule has 0 aliphatic heterocycles. The predicted molar refractivity (Wildman–Crippen MR) is 78.8 cm³/mol. The van der Waals surface area contributed by atoms with Crippen LogP contribution in [0.15, 0.2) is 41.0 Å². The van der Waals surface area contributed by atoms with Crippen molar-refractivity contribution in [2.75, 3.05) is 0 Å². The second-order valence-electron chi connectivity index (χ2n) is 4.81. The molecule has 0 aliphatic rings. The van der Waals surface area contributed by atoms with Gasteiger partial charge < -0.3 is 5.73 Å². The Morgan fingerprint density at radius 1 is 1.29 bits per heavy atom. The van der Waals surface area contributed by atoms with Crippen LogP contribution in [0.4, 0.5) is 13.2 Å². The van der Waals surface area contributed by atoms with E-state index in [1.807, 2.05) is 19.1 Å². The van der Waals surface area contributed by atoms with Crippen molar-refractivity contribution in [3.8, 4) is 0 Å². The summed E-state index contributed by atoms with van der Waals surface area (Å²) in [6, 6.07) is 7.25. The zero-order valence-electron chi connectivity index (χ0n) is 11.3. The molecule has 0 bridgehead atoms. The third-order valence-electron chi connectivity index (χ3n) is 3.26. The van der Waals surface area contributed by atoms with Gasteiger partial charge in [-0.25, -0.2) is 0 Å². The topological polar surface area (TPSA) is 38.9 Å². The number of nitrogens with two attached hydrogens (primary N) is 1. The molecule has 0 fully saturated rings. The second kappa shape index (κ2) is 6.15. The van der Waals surface area contributed by atoms with Crippen molar-refractivity contribution >= 4 is 15.9 Å². The van der Waals surface area contributed by atoms with Gasteiger partial charge in [-0.2, -0.15) is 13.2 Å². The Morgan fingerprint density at radius 3 is 2.62 bits per heavy atom. The Bertz CT molecular complexity index is 641. The largest absolute Gasteiger partial charge is 0.417 e. The Kier molecular flexibility index (Phi) is 4.68. The van der Waals surface area contributed by atoms with E-state index < -0.39 is 17.8 Å². The SMILES string of the molecule is Cc1cccnc1CC(N)c1ccc(Br)c(C(F)(F)F)c1. The zero-order chi connectivity index (χ0) is 15.6. The molecule has 0 amide bonds. The lowest BCUT2D eigenvalue weighted by Gasteiger charge is -2.16. The first-order valence-corrected chi connectivity index (χ1v) is 7.11. The number of hydrogen-bond donors (Lipinski definition) is 1. The van der Waals surface area contributed by atoms with Crippen molar-refractivity contribution in [3.05, 3.63) is 63.4 Å². The van der Waals surface area contributed by atoms with E-state index in [0.29, 0.717) is 12.0 Å². The van der Waals surface area contributed by atoms with E-state index in [4.69, 9.17) is 5.73 Å². The second-order valence-corrected chi connectivity index (χ2v) is 5.67. The summed E-state index contributed by atoms with van der Waals surface area (Å²) in [7, 11) is 0. The predicted octanol–water partition coefficient (Wildman–Crippen LogP) is 4.41. The quantitative estimate of drug-likeness (QED) is 0.882. The first kappa shape index (κ1) is 16.0. The highest BCUT2D eigenvalue weighted by Gasteiger charge is 2.33. The summed E-state index contributed by atoms with van der Waals surface area (Å²) in [6.07, 6.45) is -2.36. The van der Waals surface area contributed by atoms with E-state index in [0.717, 1.165) is 17.3 Å². The number of aryl methyl sites for hydroxylation is 1. The van der Waals surface area contributed by atoms with Crippen molar-refractivity contribution in [2.24, 2.45) is 5.73 Å². The Balaban J connectivity index is 2.28. The molecule has 6 heteroatoms. The molecule has 1 aromatic heterocycles. The molecule has 0 radical (unpaired) electrons. The van der Waals surface area contributed by atoms with E-state index in [9.17, 15) is 13.2 Å². The molecule has 1 heterocycles. The minimum absolute atomic E-state index is 0.0139. The normalized spacial score (nSPS) is 13.2. The molecule has 0 aliphatic carbocycles. The van der Waals surface area contributed by atoms with Gasteiger partial charge in [-0.15, -0.1) is 0 Å². The van der Waals surface area contributed by atoms with Crippen LogP contribution in [0.25, 0.3) is 0 Å². The summed E-state index contributed by atoms with van der Waals surface area (Å²) < 4.78 is 38.7. The average Bonchev–Trinajstić information content (AvgIpc) is 2.40. The lowest BCUT2D eigenvalue weighted by molar-refractivity contribution is -0.138. The van der Waals surface area contributed by atoms with Crippen LogP contribution in [-0.4, -0.2) is 4.98 Å². The molecule has 2 aromatic rings. The van der Waals surface area contributed by atoms with Crippen molar-refractivity contribution in [2.45, 2.75) is 25.6 Å². The smallest absolute Gasteiger partial charge is 0.324 e. The lowest BCUT2D eigenvalue weighted by atomic mass is 9.99. The van der Waals surface area contributed by atoms with Gasteiger partial charge >= 0.3 is 6.18 Å². The Morgan fingerprint density at radius 2 is 2.00 bits per heavy atom. The number of pyridine rings is 1. The highest BCUT2D eigenvalue weighted by molar-refractivity contribution is 9.10. The van der Waals surface area contributed by atoms with E-state index in [1.54, 1.807) is 12.3 Å². The molecule has 0 saturated heterocycles. The molecule has 1 aromatic carbocycles. The summed E-state index contributed by atoms with van der Waals surface area (Å²) in [5.41, 5.74) is 7.53. The molecular weight excluding hydrogens is 345 g/mol. The molecule has 112 valence electrons. The Hall–Kier alpha value is -1.40. The maximum Gasteiger partial charge on any atom is 0.417 e. The first-order valence-electron chi connectivity index (χ1n) is 6.31. The molecule has 21 heavy (non-hydrogen) atoms. The molecule has 2 nitrogen and oxygen atoms in total. The van der Waals surface area contributed by atoms with Gasteiger partial charge in [0.1, 0.15) is 0 Å². The van der Waals surface area contributed by atoms with Crippen LogP contribution in [0.1, 0.15) is 28.4 Å². The number of hydrogen-bond acceptors (Lipinski definition) is 2. The van der Waals surface area contributed by atoms with Crippen LogP contribution in [0, 0.1) is 6.92 Å². The van der Waals surface area contributed by atoms with Gasteiger partial charge in [0.2, 0.25) is 0 Å². The third kappa shape index (κ3) is 3.83. The van der Waals surface area contributed by atoms with Gasteiger partial charge in [0.25, 0.3) is 0 Å². The van der Waals surface area contributed by atoms with E-state index in [1.165, 1.54) is 6.07 Å². The summed E-state index contributed by atoms with van der Waals surface area (Å²) in [5.74, 6) is 0. The summed E-state index contributed by atoms with van der Waals surface area (Å²) in [5, 5.41) is 0. The summed E-state index contributed by atoms with van der Waals surface area (Å²) in [6.45, 7) is 1.90. The lowest BCUT2D eigenvalue weighted by Crippen LogP contribution is -2.16. The van der Waals surface area contributed by atoms with Gasteiger partial charge in [-0.05, 0) is 36.2 Å². The number of benzene rings is 1. The summed E-state index contributed by atoms with van der Waals surface area (Å²) in [4.78, 5) is 4.22. The number of aromatic nitrogens is 1. The molecule has 1 unspecified atom stereocenters. The van der Waals surface area contributed by atoms with Gasteiger partial charge in [0.15, 0.2) is 0 Å². The molecule has 0 spiro atoms. The molecule has 0 saturated carbocycles. The molecule has 2 N–H and O–H groups in total. The number of alkyl halides is 3. The number of nitrogens with zero attached hydrogens (tertiary/aromatic N) is 1. The van der Waals surface area contributed by atoms with Gasteiger partial charge in [0.05, 0.1) is 5.56 Å². The van der Waals surface area contributed by atoms with Crippen molar-refractivity contribution in [3.63, 3.8) is 0 Å². The van der Waals surface area contributed by atoms with E-state index >= 15 is 0 Å². The number of rotatable bonds is 3. The van der Waals surface area contributed by atoms with Crippen LogP contribution < -0.4 is 5.73 Å². The standard InChI is InChI=1S/C15H14BrF3N2/c1-9-3-2-6-21-14(9)8-13(20)10-4-5-12(16)11(7-10)15(17,18)19/h2-7,13H,8,20H2,1H3. The fraction of sp³-hybridized carbons (Fsp3) is 0.267. The molecule has 1 atom stereocenters. The highest BCUT2D eigenvalue weighted by Crippen LogP contribution is 2.36. The molecule has 2 rings (SSSR count). The zero-order valence-corrected chi connectivity index (χ0v) is 12.9. The van der Waals surface area contributed by atoms with Crippen LogP contribution in [0.2, 0.25) is 0 Å². The van der Waals surface area contributed by atoms with Gasteiger partial charge in [-0.1, -0.05) is 28.1 Å². The summed E-state index contributed by atoms with van der Waals surface area (Å²) >= 11 is 2.92. The third-order valence-corrected chi connectivity index (χ3v) is 3.95.